The summed E-state index contributed by atoms with van der Waals surface area (Å²) < 4.78 is 10.7. The monoisotopic (exact) mass is 386 g/mol. The van der Waals surface area contributed by atoms with Crippen LogP contribution >= 0.6 is 11.6 Å². The minimum absolute atomic E-state index is 0.000222. The van der Waals surface area contributed by atoms with Gasteiger partial charge in [-0.3, -0.25) is 9.59 Å². The molecule has 0 aliphatic heterocycles. The van der Waals surface area contributed by atoms with Crippen LogP contribution < -0.4 is 0 Å². The molecule has 0 fully saturated rings. The molecule has 2 amide bonds. The fraction of sp³-hybridized carbons (Fsp3) is 0.684. The van der Waals surface area contributed by atoms with Crippen molar-refractivity contribution in [3.8, 4) is 0 Å². The Hall–Kier alpha value is -1.53. The van der Waals surface area contributed by atoms with E-state index in [1.165, 1.54) is 0 Å². The average Bonchev–Trinajstić information content (AvgIpc) is 3.00. The van der Waals surface area contributed by atoms with Crippen LogP contribution in [0.2, 0.25) is 0 Å². The Morgan fingerprint density at radius 3 is 2.42 bits per heavy atom. The van der Waals surface area contributed by atoms with Crippen LogP contribution in [0.15, 0.2) is 16.5 Å². The molecule has 0 unspecified atom stereocenters. The van der Waals surface area contributed by atoms with Gasteiger partial charge in [0.15, 0.2) is 0 Å². The standard InChI is InChI=1S/C19H31ClN2O4/c1-14(2)22(18(24)19(4,5)13-20)12-17(23)21(9-10-25-6)11-16-8-7-15(3)26-16/h7-8,14H,9-13H2,1-6H3. The van der Waals surface area contributed by atoms with Crippen molar-refractivity contribution in [2.24, 2.45) is 5.41 Å². The lowest BCUT2D eigenvalue weighted by Crippen LogP contribution is -2.50. The van der Waals surface area contributed by atoms with Gasteiger partial charge in [0, 0.05) is 25.6 Å². The molecule has 1 aromatic rings. The Morgan fingerprint density at radius 2 is 1.96 bits per heavy atom. The van der Waals surface area contributed by atoms with Gasteiger partial charge < -0.3 is 19.0 Å². The molecule has 0 N–H and O–H groups in total. The highest BCUT2D eigenvalue weighted by Gasteiger charge is 2.34. The van der Waals surface area contributed by atoms with Gasteiger partial charge in [-0.15, -0.1) is 11.6 Å². The van der Waals surface area contributed by atoms with Crippen molar-refractivity contribution in [3.05, 3.63) is 23.7 Å². The molecule has 7 heteroatoms. The van der Waals surface area contributed by atoms with E-state index in [1.54, 1.807) is 30.8 Å². The lowest BCUT2D eigenvalue weighted by molar-refractivity contribution is -0.147. The van der Waals surface area contributed by atoms with E-state index < -0.39 is 5.41 Å². The van der Waals surface area contributed by atoms with Crippen LogP contribution in [0.4, 0.5) is 0 Å². The van der Waals surface area contributed by atoms with Crippen LogP contribution in [0.5, 0.6) is 0 Å². The van der Waals surface area contributed by atoms with Gasteiger partial charge in [-0.2, -0.15) is 0 Å². The van der Waals surface area contributed by atoms with Gasteiger partial charge in [0.25, 0.3) is 0 Å². The number of carbonyl (C=O) groups excluding carboxylic acids is 2. The Kier molecular flexibility index (Phi) is 8.63. The molecule has 0 aromatic carbocycles. The predicted molar refractivity (Wildman–Crippen MR) is 102 cm³/mol. The predicted octanol–water partition coefficient (Wildman–Crippen LogP) is 3.07. The molecule has 1 rings (SSSR count). The minimum atomic E-state index is -0.721. The molecule has 0 atom stereocenters. The SMILES string of the molecule is COCCN(Cc1ccc(C)o1)C(=O)CN(C(=O)C(C)(C)CCl)C(C)C. The lowest BCUT2D eigenvalue weighted by Gasteiger charge is -2.34. The quantitative estimate of drug-likeness (QED) is 0.580. The second-order valence-corrected chi connectivity index (χ2v) is 7.63. The summed E-state index contributed by atoms with van der Waals surface area (Å²) >= 11 is 5.94. The molecular formula is C19H31ClN2O4. The topological polar surface area (TPSA) is 63.0 Å². The van der Waals surface area contributed by atoms with Crippen LogP contribution in [-0.4, -0.2) is 60.3 Å². The van der Waals surface area contributed by atoms with Crippen molar-refractivity contribution in [1.82, 2.24) is 9.80 Å². The van der Waals surface area contributed by atoms with Crippen molar-refractivity contribution in [3.63, 3.8) is 0 Å². The number of ether oxygens (including phenoxy) is 1. The Bertz CT molecular complexity index is 598. The number of halogens is 1. The van der Waals surface area contributed by atoms with E-state index in [-0.39, 0.29) is 30.3 Å². The summed E-state index contributed by atoms with van der Waals surface area (Å²) in [6, 6.07) is 3.61. The van der Waals surface area contributed by atoms with Gasteiger partial charge in [-0.25, -0.2) is 0 Å². The Morgan fingerprint density at radius 1 is 1.31 bits per heavy atom. The number of amides is 2. The van der Waals surface area contributed by atoms with E-state index in [4.69, 9.17) is 20.8 Å². The summed E-state index contributed by atoms with van der Waals surface area (Å²) in [4.78, 5) is 28.9. The summed E-state index contributed by atoms with van der Waals surface area (Å²) in [6.45, 7) is 10.4. The number of furan rings is 1. The molecular weight excluding hydrogens is 356 g/mol. The lowest BCUT2D eigenvalue weighted by atomic mass is 9.93. The number of aryl methyl sites for hydroxylation is 1. The molecule has 26 heavy (non-hydrogen) atoms. The first-order chi connectivity index (χ1) is 12.1. The maximum absolute atomic E-state index is 12.9. The molecule has 1 aromatic heterocycles. The van der Waals surface area contributed by atoms with Gasteiger partial charge in [-0.05, 0) is 46.8 Å². The number of alkyl halides is 1. The van der Waals surface area contributed by atoms with Crippen molar-refractivity contribution < 1.29 is 18.7 Å². The van der Waals surface area contributed by atoms with E-state index in [9.17, 15) is 9.59 Å². The highest BCUT2D eigenvalue weighted by molar-refractivity contribution is 6.19. The highest BCUT2D eigenvalue weighted by Crippen LogP contribution is 2.22. The minimum Gasteiger partial charge on any atom is -0.464 e. The van der Waals surface area contributed by atoms with Gasteiger partial charge in [0.05, 0.1) is 18.6 Å². The van der Waals surface area contributed by atoms with Gasteiger partial charge >= 0.3 is 0 Å². The summed E-state index contributed by atoms with van der Waals surface area (Å²) in [6.07, 6.45) is 0. The zero-order valence-corrected chi connectivity index (χ0v) is 17.4. The molecule has 0 spiro atoms. The number of nitrogens with zero attached hydrogens (tertiary/aromatic N) is 2. The fourth-order valence-electron chi connectivity index (χ4n) is 2.43. The molecule has 0 radical (unpaired) electrons. The van der Waals surface area contributed by atoms with Gasteiger partial charge in [-0.1, -0.05) is 0 Å². The molecule has 0 bridgehead atoms. The van der Waals surface area contributed by atoms with Gasteiger partial charge in [0.2, 0.25) is 11.8 Å². The van der Waals surface area contributed by atoms with Crippen LogP contribution in [-0.2, 0) is 20.9 Å². The van der Waals surface area contributed by atoms with Gasteiger partial charge in [0.1, 0.15) is 18.1 Å². The second kappa shape index (κ2) is 9.97. The van der Waals surface area contributed by atoms with Crippen LogP contribution in [0.25, 0.3) is 0 Å². The molecule has 0 aliphatic carbocycles. The first-order valence-electron chi connectivity index (χ1n) is 8.81. The first-order valence-corrected chi connectivity index (χ1v) is 9.35. The largest absolute Gasteiger partial charge is 0.464 e. The smallest absolute Gasteiger partial charge is 0.242 e. The van der Waals surface area contributed by atoms with Crippen molar-refractivity contribution in [2.45, 2.75) is 47.2 Å². The van der Waals surface area contributed by atoms with E-state index in [0.717, 1.165) is 5.76 Å². The summed E-state index contributed by atoms with van der Waals surface area (Å²) in [7, 11) is 1.59. The highest BCUT2D eigenvalue weighted by atomic mass is 35.5. The number of rotatable bonds is 10. The van der Waals surface area contributed by atoms with Crippen LogP contribution in [0, 0.1) is 12.3 Å². The van der Waals surface area contributed by atoms with E-state index in [0.29, 0.717) is 25.5 Å². The zero-order valence-electron chi connectivity index (χ0n) is 16.7. The molecule has 6 nitrogen and oxygen atoms in total. The van der Waals surface area contributed by atoms with Crippen LogP contribution in [0.3, 0.4) is 0 Å². The van der Waals surface area contributed by atoms with E-state index in [1.807, 2.05) is 32.9 Å². The molecule has 148 valence electrons. The zero-order chi connectivity index (χ0) is 19.9. The Balaban J connectivity index is 2.91. The third kappa shape index (κ3) is 6.32. The maximum Gasteiger partial charge on any atom is 0.242 e. The third-order valence-electron chi connectivity index (χ3n) is 4.16. The van der Waals surface area contributed by atoms with Crippen molar-refractivity contribution >= 4 is 23.4 Å². The number of hydrogen-bond acceptors (Lipinski definition) is 4. The Labute approximate surface area is 161 Å². The average molecular weight is 387 g/mol. The number of methoxy groups -OCH3 is 1. The number of hydrogen-bond donors (Lipinski definition) is 0. The third-order valence-corrected chi connectivity index (χ3v) is 4.83. The molecule has 0 saturated heterocycles. The van der Waals surface area contributed by atoms with E-state index in [2.05, 4.69) is 0 Å². The van der Waals surface area contributed by atoms with Crippen LogP contribution in [0.1, 0.15) is 39.2 Å². The van der Waals surface area contributed by atoms with Crippen molar-refractivity contribution in [2.75, 3.05) is 32.7 Å². The first kappa shape index (κ1) is 22.5. The molecule has 0 aliphatic rings. The second-order valence-electron chi connectivity index (χ2n) is 7.36. The normalized spacial score (nSPS) is 11.7. The molecule has 1 heterocycles. The summed E-state index contributed by atoms with van der Waals surface area (Å²) in [5.41, 5.74) is -0.721. The maximum atomic E-state index is 12.9. The molecule has 0 saturated carbocycles. The summed E-state index contributed by atoms with van der Waals surface area (Å²) in [5, 5.41) is 0. The van der Waals surface area contributed by atoms with E-state index >= 15 is 0 Å². The fourth-order valence-corrected chi connectivity index (χ4v) is 2.55. The number of carbonyl (C=O) groups is 2. The van der Waals surface area contributed by atoms with Crippen molar-refractivity contribution in [1.29, 1.82) is 0 Å². The summed E-state index contributed by atoms with van der Waals surface area (Å²) in [5.74, 6) is 1.42.